The van der Waals surface area contributed by atoms with Crippen LogP contribution in [-0.4, -0.2) is 31.1 Å². The summed E-state index contributed by atoms with van der Waals surface area (Å²) in [6.45, 7) is 7.01. The molecule has 1 aliphatic heterocycles. The van der Waals surface area contributed by atoms with Gasteiger partial charge in [0.2, 0.25) is 0 Å². The van der Waals surface area contributed by atoms with Crippen molar-refractivity contribution in [1.82, 2.24) is 4.90 Å². The Bertz CT molecular complexity index is 375. The van der Waals surface area contributed by atoms with E-state index in [-0.39, 0.29) is 0 Å². The minimum atomic E-state index is 0.555. The van der Waals surface area contributed by atoms with Gasteiger partial charge in [-0.3, -0.25) is 0 Å². The van der Waals surface area contributed by atoms with E-state index in [2.05, 4.69) is 55.4 Å². The van der Waals surface area contributed by atoms with E-state index in [9.17, 15) is 0 Å². The number of piperidine rings is 1. The number of rotatable bonds is 4. The van der Waals surface area contributed by atoms with Crippen molar-refractivity contribution in [3.63, 3.8) is 0 Å². The Morgan fingerprint density at radius 3 is 3.00 bits per heavy atom. The molecule has 2 unspecified atom stereocenters. The Kier molecular flexibility index (Phi) is 4.65. The van der Waals surface area contributed by atoms with Crippen LogP contribution in [-0.2, 0) is 6.42 Å². The van der Waals surface area contributed by atoms with Gasteiger partial charge in [-0.15, -0.1) is 0 Å². The lowest BCUT2D eigenvalue weighted by atomic mass is 9.91. The molecular formula is C16H26N2. The van der Waals surface area contributed by atoms with Gasteiger partial charge in [-0.1, -0.05) is 19.1 Å². The molecule has 2 nitrogen and oxygen atoms in total. The molecule has 18 heavy (non-hydrogen) atoms. The fraction of sp³-hybridized carbons (Fsp3) is 0.625. The highest BCUT2D eigenvalue weighted by atomic mass is 15.1. The third-order valence-electron chi connectivity index (χ3n) is 4.10. The molecule has 0 bridgehead atoms. The summed E-state index contributed by atoms with van der Waals surface area (Å²) >= 11 is 0. The van der Waals surface area contributed by atoms with Gasteiger partial charge in [-0.25, -0.2) is 0 Å². The Morgan fingerprint density at radius 2 is 2.28 bits per heavy atom. The molecule has 0 aromatic heterocycles. The summed E-state index contributed by atoms with van der Waals surface area (Å²) in [5.74, 6) is 0.772. The molecule has 1 N–H and O–H groups in total. The van der Waals surface area contributed by atoms with Crippen LogP contribution in [0.15, 0.2) is 24.3 Å². The van der Waals surface area contributed by atoms with Gasteiger partial charge >= 0.3 is 0 Å². The maximum atomic E-state index is 3.68. The maximum absolute atomic E-state index is 3.68. The second-order valence-electron chi connectivity index (χ2n) is 5.65. The monoisotopic (exact) mass is 246 g/mol. The van der Waals surface area contributed by atoms with Crippen LogP contribution in [0.5, 0.6) is 0 Å². The van der Waals surface area contributed by atoms with Crippen LogP contribution in [0.3, 0.4) is 0 Å². The molecule has 2 atom stereocenters. The zero-order chi connectivity index (χ0) is 13.0. The Labute approximate surface area is 111 Å². The lowest BCUT2D eigenvalue weighted by molar-refractivity contribution is 0.197. The largest absolute Gasteiger partial charge is 0.382 e. The second kappa shape index (κ2) is 6.24. The fourth-order valence-corrected chi connectivity index (χ4v) is 2.88. The molecule has 0 radical (unpaired) electrons. The molecule has 2 rings (SSSR count). The first-order valence-corrected chi connectivity index (χ1v) is 7.23. The van der Waals surface area contributed by atoms with Crippen molar-refractivity contribution in [2.45, 2.75) is 39.2 Å². The number of hydrogen-bond donors (Lipinski definition) is 1. The molecular weight excluding hydrogens is 220 g/mol. The number of benzene rings is 1. The molecule has 1 saturated heterocycles. The highest BCUT2D eigenvalue weighted by Crippen LogP contribution is 2.22. The molecule has 0 aliphatic carbocycles. The lowest BCUT2D eigenvalue weighted by Crippen LogP contribution is -2.39. The van der Waals surface area contributed by atoms with Crippen molar-refractivity contribution in [3.05, 3.63) is 29.8 Å². The minimum Gasteiger partial charge on any atom is -0.382 e. The first-order chi connectivity index (χ1) is 8.69. The number of nitrogens with zero attached hydrogens (tertiary/aromatic N) is 1. The Morgan fingerprint density at radius 1 is 1.44 bits per heavy atom. The van der Waals surface area contributed by atoms with E-state index in [0.717, 1.165) is 12.3 Å². The quantitative estimate of drug-likeness (QED) is 0.876. The van der Waals surface area contributed by atoms with Crippen LogP contribution in [0.4, 0.5) is 5.69 Å². The van der Waals surface area contributed by atoms with Crippen molar-refractivity contribution in [1.29, 1.82) is 0 Å². The van der Waals surface area contributed by atoms with Crippen molar-refractivity contribution < 1.29 is 0 Å². The van der Waals surface area contributed by atoms with Crippen LogP contribution in [0.2, 0.25) is 0 Å². The summed E-state index contributed by atoms with van der Waals surface area (Å²) in [6, 6.07) is 9.37. The van der Waals surface area contributed by atoms with E-state index < -0.39 is 0 Å². The average Bonchev–Trinajstić information content (AvgIpc) is 2.39. The smallest absolute Gasteiger partial charge is 0.0345 e. The van der Waals surface area contributed by atoms with Crippen LogP contribution in [0, 0.1) is 5.92 Å². The summed E-state index contributed by atoms with van der Waals surface area (Å²) in [4.78, 5) is 2.45. The summed E-state index contributed by atoms with van der Waals surface area (Å²) in [6.07, 6.45) is 3.80. The van der Waals surface area contributed by atoms with Crippen molar-refractivity contribution in [2.24, 2.45) is 5.92 Å². The Hall–Kier alpha value is -1.02. The molecule has 0 spiro atoms. The maximum Gasteiger partial charge on any atom is 0.0345 e. The van der Waals surface area contributed by atoms with Gasteiger partial charge in [0.15, 0.2) is 0 Å². The van der Waals surface area contributed by atoms with Gasteiger partial charge in [0.1, 0.15) is 0 Å². The van der Waals surface area contributed by atoms with E-state index in [4.69, 9.17) is 0 Å². The molecule has 1 aromatic rings. The summed E-state index contributed by atoms with van der Waals surface area (Å²) in [5, 5.41) is 3.68. The van der Waals surface area contributed by atoms with Gasteiger partial charge in [0, 0.05) is 18.3 Å². The fourth-order valence-electron chi connectivity index (χ4n) is 2.88. The third-order valence-corrected chi connectivity index (χ3v) is 4.10. The molecule has 1 fully saturated rings. The zero-order valence-corrected chi connectivity index (χ0v) is 11.9. The number of likely N-dealkylation sites (tertiary alicyclic amines) is 1. The SMILES string of the molecule is CCc1cccc(NC(C)C2CCCN(C)C2)c1. The van der Waals surface area contributed by atoms with Crippen LogP contribution < -0.4 is 5.32 Å². The highest BCUT2D eigenvalue weighted by molar-refractivity contribution is 5.46. The van der Waals surface area contributed by atoms with Crippen LogP contribution in [0.25, 0.3) is 0 Å². The molecule has 1 heterocycles. The first-order valence-electron chi connectivity index (χ1n) is 7.23. The molecule has 2 heteroatoms. The van der Waals surface area contributed by atoms with Gasteiger partial charge in [0.05, 0.1) is 0 Å². The van der Waals surface area contributed by atoms with E-state index in [0.29, 0.717) is 6.04 Å². The first kappa shape index (κ1) is 13.4. The standard InChI is InChI=1S/C16H26N2/c1-4-14-7-5-9-16(11-14)17-13(2)15-8-6-10-18(3)12-15/h5,7,9,11,13,15,17H,4,6,8,10,12H2,1-3H3. The average molecular weight is 246 g/mol. The van der Waals surface area contributed by atoms with E-state index in [1.807, 2.05) is 0 Å². The third kappa shape index (κ3) is 3.49. The zero-order valence-electron chi connectivity index (χ0n) is 11.9. The topological polar surface area (TPSA) is 15.3 Å². The molecule has 0 amide bonds. The number of aryl methyl sites for hydroxylation is 1. The summed E-state index contributed by atoms with van der Waals surface area (Å²) in [5.41, 5.74) is 2.68. The normalized spacial score (nSPS) is 22.7. The summed E-state index contributed by atoms with van der Waals surface area (Å²) in [7, 11) is 2.23. The number of hydrogen-bond acceptors (Lipinski definition) is 2. The summed E-state index contributed by atoms with van der Waals surface area (Å²) < 4.78 is 0. The minimum absolute atomic E-state index is 0.555. The van der Waals surface area contributed by atoms with E-state index in [1.54, 1.807) is 0 Å². The molecule has 1 aromatic carbocycles. The molecule has 0 saturated carbocycles. The predicted molar refractivity (Wildman–Crippen MR) is 79.1 cm³/mol. The molecule has 100 valence electrons. The highest BCUT2D eigenvalue weighted by Gasteiger charge is 2.22. The second-order valence-corrected chi connectivity index (χ2v) is 5.65. The van der Waals surface area contributed by atoms with Gasteiger partial charge in [0.25, 0.3) is 0 Å². The van der Waals surface area contributed by atoms with Gasteiger partial charge in [-0.05, 0) is 63.4 Å². The predicted octanol–water partition coefficient (Wildman–Crippen LogP) is 3.39. The van der Waals surface area contributed by atoms with E-state index in [1.165, 1.54) is 37.2 Å². The van der Waals surface area contributed by atoms with Crippen molar-refractivity contribution >= 4 is 5.69 Å². The number of anilines is 1. The number of nitrogens with one attached hydrogen (secondary N) is 1. The van der Waals surface area contributed by atoms with E-state index >= 15 is 0 Å². The Balaban J connectivity index is 1.95. The van der Waals surface area contributed by atoms with Gasteiger partial charge < -0.3 is 10.2 Å². The van der Waals surface area contributed by atoms with Crippen LogP contribution >= 0.6 is 0 Å². The molecule has 1 aliphatic rings. The van der Waals surface area contributed by atoms with Crippen molar-refractivity contribution in [2.75, 3.05) is 25.5 Å². The van der Waals surface area contributed by atoms with Gasteiger partial charge in [-0.2, -0.15) is 0 Å². The lowest BCUT2D eigenvalue weighted by Gasteiger charge is -2.34. The van der Waals surface area contributed by atoms with Crippen molar-refractivity contribution in [3.8, 4) is 0 Å². The van der Waals surface area contributed by atoms with Crippen LogP contribution in [0.1, 0.15) is 32.3 Å².